The zero-order chi connectivity index (χ0) is 16.0. The van der Waals surface area contributed by atoms with Gasteiger partial charge in [0.1, 0.15) is 6.23 Å². The molecule has 0 aromatic rings. The van der Waals surface area contributed by atoms with Crippen LogP contribution in [0.15, 0.2) is 0 Å². The normalized spacial score (nSPS) is 13.0. The largest absolute Gasteiger partial charge is 0.527 e. The zero-order valence-electron chi connectivity index (χ0n) is 15.0. The first kappa shape index (κ1) is 24.6. The van der Waals surface area contributed by atoms with Gasteiger partial charge in [-0.15, -0.1) is 0 Å². The van der Waals surface area contributed by atoms with E-state index in [-0.39, 0.29) is 19.6 Å². The maximum Gasteiger partial charge on any atom is 0.527 e. The van der Waals surface area contributed by atoms with Gasteiger partial charge >= 0.3 is 8.80 Å². The first-order chi connectivity index (χ1) is 10.2. The second kappa shape index (κ2) is 16.2. The number of rotatable bonds is 15. The highest BCUT2D eigenvalue weighted by atomic mass is 32.1. The first-order valence-corrected chi connectivity index (χ1v) is 9.95. The molecular formula is C15H36O5SSi. The van der Waals surface area contributed by atoms with E-state index in [4.69, 9.17) is 22.8 Å². The van der Waals surface area contributed by atoms with E-state index < -0.39 is 8.80 Å². The van der Waals surface area contributed by atoms with Gasteiger partial charge in [-0.3, -0.25) is 0 Å². The third kappa shape index (κ3) is 11.0. The summed E-state index contributed by atoms with van der Waals surface area (Å²) in [4.78, 5) is 0. The van der Waals surface area contributed by atoms with Crippen LogP contribution in [0.2, 0.25) is 0 Å². The van der Waals surface area contributed by atoms with Crippen molar-refractivity contribution < 1.29 is 22.8 Å². The quantitative estimate of drug-likeness (QED) is 0.333. The number of hydrogen-bond donors (Lipinski definition) is 0. The fourth-order valence-electron chi connectivity index (χ4n) is 1.98. The van der Waals surface area contributed by atoms with E-state index in [2.05, 4.69) is 13.8 Å². The number of ether oxygens (including phenoxy) is 2. The van der Waals surface area contributed by atoms with Crippen molar-refractivity contribution in [3.05, 3.63) is 0 Å². The minimum Gasteiger partial charge on any atom is -0.376 e. The number of hydrogen-bond acceptors (Lipinski definition) is 5. The van der Waals surface area contributed by atoms with Gasteiger partial charge in [-0.2, -0.15) is 13.5 Å². The Bertz CT molecular complexity index is 222. The van der Waals surface area contributed by atoms with Gasteiger partial charge in [0.05, 0.1) is 12.7 Å². The molecule has 0 aromatic carbocycles. The lowest BCUT2D eigenvalue weighted by atomic mass is 10.2. The number of unbranched alkanes of at least 4 members (excludes halogenated alkanes) is 4. The molecule has 0 saturated carbocycles. The summed E-state index contributed by atoms with van der Waals surface area (Å²) in [6.07, 6.45) is 7.70. The van der Waals surface area contributed by atoms with Crippen molar-refractivity contribution in [1.82, 2.24) is 0 Å². The van der Waals surface area contributed by atoms with Crippen LogP contribution in [0.25, 0.3) is 0 Å². The molecule has 1 atom stereocenters. The van der Waals surface area contributed by atoms with Gasteiger partial charge in [-0.05, 0) is 12.8 Å². The van der Waals surface area contributed by atoms with Gasteiger partial charge in [0, 0.05) is 27.9 Å². The third-order valence-electron chi connectivity index (χ3n) is 3.57. The van der Waals surface area contributed by atoms with E-state index in [9.17, 15) is 0 Å². The molecule has 0 aromatic heterocycles. The van der Waals surface area contributed by atoms with Gasteiger partial charge in [0.25, 0.3) is 0 Å². The molecule has 0 rings (SSSR count). The Morgan fingerprint density at radius 2 is 1.45 bits per heavy atom. The summed E-state index contributed by atoms with van der Waals surface area (Å²) in [5.41, 5.74) is 0. The van der Waals surface area contributed by atoms with Gasteiger partial charge in [0.15, 0.2) is 0 Å². The maximum absolute atomic E-state index is 5.86. The lowest BCUT2D eigenvalue weighted by Crippen LogP contribution is -2.48. The van der Waals surface area contributed by atoms with Crippen molar-refractivity contribution in [2.45, 2.75) is 58.5 Å². The van der Waals surface area contributed by atoms with E-state index in [1.54, 1.807) is 21.3 Å². The van der Waals surface area contributed by atoms with Crippen LogP contribution in [0.3, 0.4) is 0 Å². The molecule has 1 unspecified atom stereocenters. The van der Waals surface area contributed by atoms with Crippen molar-refractivity contribution in [1.29, 1.82) is 0 Å². The minimum atomic E-state index is -2.63. The molecule has 0 radical (unpaired) electrons. The predicted molar refractivity (Wildman–Crippen MR) is 96.8 cm³/mol. The Kier molecular flexibility index (Phi) is 18.2. The SMILES string of the molecule is CCCCCCCOC(CC)COC[Si](OC)(OC)OC.S. The van der Waals surface area contributed by atoms with Crippen LogP contribution in [0, 0.1) is 0 Å². The van der Waals surface area contributed by atoms with Crippen LogP contribution in [-0.2, 0) is 22.8 Å². The molecular weight excluding hydrogens is 320 g/mol. The summed E-state index contributed by atoms with van der Waals surface area (Å²) >= 11 is 0. The highest BCUT2D eigenvalue weighted by molar-refractivity contribution is 7.59. The standard InChI is InChI=1S/C15H34O5Si.H2S/c1-6-8-9-10-11-12-20-15(7-2)13-19-14-21(16-3,17-4)18-5;/h15H,6-14H2,1-5H3;1H2. The zero-order valence-corrected chi connectivity index (χ0v) is 17.0. The summed E-state index contributed by atoms with van der Waals surface area (Å²) in [5, 5.41) is 0. The van der Waals surface area contributed by atoms with Crippen LogP contribution in [0.4, 0.5) is 0 Å². The molecule has 136 valence electrons. The third-order valence-corrected chi connectivity index (χ3v) is 6.00. The van der Waals surface area contributed by atoms with Gasteiger partial charge in [0.2, 0.25) is 0 Å². The summed E-state index contributed by atoms with van der Waals surface area (Å²) in [6.45, 7) is 5.70. The monoisotopic (exact) mass is 356 g/mol. The van der Waals surface area contributed by atoms with Gasteiger partial charge in [-0.25, -0.2) is 0 Å². The van der Waals surface area contributed by atoms with E-state index in [1.807, 2.05) is 0 Å². The van der Waals surface area contributed by atoms with Crippen molar-refractivity contribution in [2.24, 2.45) is 0 Å². The Hall–Kier alpha value is 0.367. The van der Waals surface area contributed by atoms with Crippen molar-refractivity contribution in [3.63, 3.8) is 0 Å². The average molecular weight is 357 g/mol. The molecule has 0 saturated heterocycles. The topological polar surface area (TPSA) is 46.2 Å². The fraction of sp³-hybridized carbons (Fsp3) is 1.00. The molecule has 0 aliphatic heterocycles. The highest BCUT2D eigenvalue weighted by Gasteiger charge is 2.38. The van der Waals surface area contributed by atoms with Crippen LogP contribution in [0.5, 0.6) is 0 Å². The first-order valence-electron chi connectivity index (χ1n) is 8.02. The summed E-state index contributed by atoms with van der Waals surface area (Å²) < 4.78 is 27.5. The lowest BCUT2D eigenvalue weighted by molar-refractivity contribution is -0.0231. The maximum atomic E-state index is 5.86. The Labute approximate surface area is 144 Å². The second-order valence-corrected chi connectivity index (χ2v) is 8.01. The predicted octanol–water partition coefficient (Wildman–Crippen LogP) is 3.30. The van der Waals surface area contributed by atoms with Crippen LogP contribution in [-0.4, -0.2) is 55.7 Å². The molecule has 0 fully saturated rings. The van der Waals surface area contributed by atoms with Crippen LogP contribution >= 0.6 is 13.5 Å². The highest BCUT2D eigenvalue weighted by Crippen LogP contribution is 2.09. The average Bonchev–Trinajstić information content (AvgIpc) is 2.53. The summed E-state index contributed by atoms with van der Waals surface area (Å²) in [5.74, 6) is 0. The summed E-state index contributed by atoms with van der Waals surface area (Å²) in [6, 6.07) is 0. The van der Waals surface area contributed by atoms with E-state index in [0.717, 1.165) is 19.4 Å². The van der Waals surface area contributed by atoms with Crippen LogP contribution < -0.4 is 0 Å². The molecule has 0 heterocycles. The van der Waals surface area contributed by atoms with Crippen molar-refractivity contribution in [3.8, 4) is 0 Å². The molecule has 5 nitrogen and oxygen atoms in total. The minimum absolute atomic E-state index is 0. The molecule has 0 N–H and O–H groups in total. The van der Waals surface area contributed by atoms with Crippen molar-refractivity contribution >= 4 is 22.3 Å². The molecule has 7 heteroatoms. The molecule has 22 heavy (non-hydrogen) atoms. The molecule has 0 aliphatic rings. The van der Waals surface area contributed by atoms with E-state index in [1.165, 1.54) is 25.7 Å². The molecule has 0 aliphatic carbocycles. The second-order valence-electron chi connectivity index (χ2n) is 5.13. The molecule has 0 bridgehead atoms. The fourth-order valence-corrected chi connectivity index (χ4v) is 3.20. The molecule has 0 amide bonds. The Morgan fingerprint density at radius 1 is 0.864 bits per heavy atom. The lowest BCUT2D eigenvalue weighted by Gasteiger charge is -2.25. The Balaban J connectivity index is 0. The van der Waals surface area contributed by atoms with E-state index in [0.29, 0.717) is 12.8 Å². The van der Waals surface area contributed by atoms with Crippen molar-refractivity contribution in [2.75, 3.05) is 40.8 Å². The van der Waals surface area contributed by atoms with Crippen LogP contribution in [0.1, 0.15) is 52.4 Å². The Morgan fingerprint density at radius 3 is 1.95 bits per heavy atom. The van der Waals surface area contributed by atoms with Gasteiger partial charge < -0.3 is 22.8 Å². The smallest absolute Gasteiger partial charge is 0.376 e. The van der Waals surface area contributed by atoms with E-state index >= 15 is 0 Å². The summed E-state index contributed by atoms with van der Waals surface area (Å²) in [7, 11) is 2.14. The molecule has 0 spiro atoms. The van der Waals surface area contributed by atoms with Gasteiger partial charge in [-0.1, -0.05) is 39.5 Å².